The highest BCUT2D eigenvalue weighted by Crippen LogP contribution is 2.67. The van der Waals surface area contributed by atoms with Crippen LogP contribution in [0.3, 0.4) is 0 Å². The highest BCUT2D eigenvalue weighted by atomic mass is 16.5. The van der Waals surface area contributed by atoms with Crippen LogP contribution in [0, 0.1) is 46.3 Å². The Bertz CT molecular complexity index is 851. The van der Waals surface area contributed by atoms with Gasteiger partial charge in [-0.15, -0.1) is 0 Å². The van der Waals surface area contributed by atoms with Crippen LogP contribution < -0.4 is 0 Å². The maximum Gasteiger partial charge on any atom is 0.302 e. The van der Waals surface area contributed by atoms with E-state index in [0.29, 0.717) is 17.6 Å². The van der Waals surface area contributed by atoms with Gasteiger partial charge in [0.1, 0.15) is 6.10 Å². The zero-order valence-corrected chi connectivity index (χ0v) is 22.1. The van der Waals surface area contributed by atoms with E-state index in [0.717, 1.165) is 37.0 Å². The fourth-order valence-electron chi connectivity index (χ4n) is 8.55. The van der Waals surface area contributed by atoms with E-state index in [2.05, 4.69) is 47.6 Å². The number of ether oxygens (including phenoxy) is 1. The van der Waals surface area contributed by atoms with Gasteiger partial charge in [-0.2, -0.15) is 0 Å². The topological polar surface area (TPSA) is 43.4 Å². The van der Waals surface area contributed by atoms with E-state index in [9.17, 15) is 9.59 Å². The lowest BCUT2D eigenvalue weighted by molar-refractivity contribution is -0.148. The first-order valence-electron chi connectivity index (χ1n) is 13.6. The van der Waals surface area contributed by atoms with E-state index in [1.807, 2.05) is 6.08 Å². The summed E-state index contributed by atoms with van der Waals surface area (Å²) in [5.74, 6) is 3.46. The largest absolute Gasteiger partial charge is 0.462 e. The van der Waals surface area contributed by atoms with Crippen LogP contribution in [-0.2, 0) is 14.3 Å². The molecular formula is C30H46O3. The van der Waals surface area contributed by atoms with Crippen molar-refractivity contribution in [2.45, 2.75) is 106 Å². The number of carbonyl (C=O) groups excluding carboxylic acids is 2. The molecule has 0 aromatic carbocycles. The lowest BCUT2D eigenvalue weighted by Gasteiger charge is -2.58. The fraction of sp³-hybridized carbons (Fsp3) is 0.800. The number of hydrogen-bond donors (Lipinski definition) is 0. The van der Waals surface area contributed by atoms with Crippen LogP contribution in [0.5, 0.6) is 0 Å². The summed E-state index contributed by atoms with van der Waals surface area (Å²) in [7, 11) is 0. The van der Waals surface area contributed by atoms with Gasteiger partial charge in [-0.25, -0.2) is 0 Å². The molecule has 184 valence electrons. The Hall–Kier alpha value is -1.38. The molecule has 8 atom stereocenters. The maximum absolute atomic E-state index is 13.2. The average Bonchev–Trinajstić information content (AvgIpc) is 3.10. The molecule has 0 unspecified atom stereocenters. The molecule has 0 radical (unpaired) electrons. The van der Waals surface area contributed by atoms with E-state index in [-0.39, 0.29) is 28.8 Å². The molecule has 33 heavy (non-hydrogen) atoms. The van der Waals surface area contributed by atoms with Crippen molar-refractivity contribution < 1.29 is 14.3 Å². The van der Waals surface area contributed by atoms with E-state index < -0.39 is 0 Å². The summed E-state index contributed by atoms with van der Waals surface area (Å²) in [5.41, 5.74) is 3.30. The quantitative estimate of drug-likeness (QED) is 0.248. The van der Waals surface area contributed by atoms with Crippen LogP contribution in [0.2, 0.25) is 0 Å². The molecule has 3 heteroatoms. The Balaban J connectivity index is 1.52. The molecule has 0 aliphatic heterocycles. The van der Waals surface area contributed by atoms with Crippen molar-refractivity contribution >= 4 is 11.8 Å². The minimum absolute atomic E-state index is 0.0669. The van der Waals surface area contributed by atoms with Gasteiger partial charge in [0.2, 0.25) is 0 Å². The molecule has 0 aromatic rings. The Labute approximate surface area is 201 Å². The molecular weight excluding hydrogens is 408 g/mol. The van der Waals surface area contributed by atoms with E-state index >= 15 is 0 Å². The molecule has 0 N–H and O–H groups in total. The van der Waals surface area contributed by atoms with Crippen molar-refractivity contribution in [1.29, 1.82) is 0 Å². The molecule has 0 spiro atoms. The Kier molecular flexibility index (Phi) is 6.75. The second-order valence-corrected chi connectivity index (χ2v) is 12.7. The molecule has 3 fully saturated rings. The molecule has 0 aromatic heterocycles. The summed E-state index contributed by atoms with van der Waals surface area (Å²) in [6, 6.07) is 0. The zero-order valence-electron chi connectivity index (χ0n) is 22.1. The number of rotatable bonds is 5. The summed E-state index contributed by atoms with van der Waals surface area (Å²) >= 11 is 0. The Morgan fingerprint density at radius 3 is 2.42 bits per heavy atom. The van der Waals surface area contributed by atoms with Crippen LogP contribution in [-0.4, -0.2) is 17.9 Å². The van der Waals surface area contributed by atoms with Crippen molar-refractivity contribution in [2.75, 3.05) is 0 Å². The molecule has 4 aliphatic carbocycles. The molecule has 4 aliphatic rings. The number of esters is 1. The molecule has 3 saturated carbocycles. The molecule has 3 nitrogen and oxygen atoms in total. The van der Waals surface area contributed by atoms with E-state index in [1.54, 1.807) is 5.57 Å². The minimum atomic E-state index is -0.148. The van der Waals surface area contributed by atoms with Gasteiger partial charge in [0, 0.05) is 19.3 Å². The van der Waals surface area contributed by atoms with Gasteiger partial charge >= 0.3 is 5.97 Å². The van der Waals surface area contributed by atoms with Crippen LogP contribution in [0.1, 0.15) is 99.8 Å². The highest BCUT2D eigenvalue weighted by molar-refractivity contribution is 5.92. The van der Waals surface area contributed by atoms with Crippen LogP contribution >= 0.6 is 0 Å². The summed E-state index contributed by atoms with van der Waals surface area (Å²) in [5, 5.41) is 0. The van der Waals surface area contributed by atoms with Gasteiger partial charge in [-0.3, -0.25) is 9.59 Å². The Morgan fingerprint density at radius 2 is 1.76 bits per heavy atom. The summed E-state index contributed by atoms with van der Waals surface area (Å²) < 4.78 is 5.60. The number of hydrogen-bond acceptors (Lipinski definition) is 3. The van der Waals surface area contributed by atoms with Gasteiger partial charge in [-0.1, -0.05) is 51.8 Å². The van der Waals surface area contributed by atoms with Gasteiger partial charge < -0.3 is 4.74 Å². The van der Waals surface area contributed by atoms with Gasteiger partial charge in [-0.05, 0) is 98.4 Å². The van der Waals surface area contributed by atoms with Crippen LogP contribution in [0.15, 0.2) is 23.3 Å². The highest BCUT2D eigenvalue weighted by Gasteiger charge is 2.59. The number of ketones is 1. The Morgan fingerprint density at radius 1 is 1.03 bits per heavy atom. The maximum atomic E-state index is 13.2. The number of allylic oxidation sites excluding steroid dienone is 3. The minimum Gasteiger partial charge on any atom is -0.462 e. The number of fused-ring (bicyclic) bond motifs is 5. The van der Waals surface area contributed by atoms with Crippen LogP contribution in [0.25, 0.3) is 0 Å². The van der Waals surface area contributed by atoms with Crippen molar-refractivity contribution in [1.82, 2.24) is 0 Å². The first-order valence-corrected chi connectivity index (χ1v) is 13.6. The first kappa shape index (κ1) is 24.7. The fourth-order valence-corrected chi connectivity index (χ4v) is 8.55. The normalized spacial score (nSPS) is 41.5. The van der Waals surface area contributed by atoms with Crippen LogP contribution in [0.4, 0.5) is 0 Å². The molecule has 0 bridgehead atoms. The average molecular weight is 455 g/mol. The molecule has 4 rings (SSSR count). The zero-order chi connectivity index (χ0) is 24.1. The van der Waals surface area contributed by atoms with Crippen molar-refractivity contribution in [3.63, 3.8) is 0 Å². The third-order valence-electron chi connectivity index (χ3n) is 10.8. The predicted octanol–water partition coefficient (Wildman–Crippen LogP) is 7.30. The number of carbonyl (C=O) groups is 2. The van der Waals surface area contributed by atoms with Crippen molar-refractivity contribution in [3.05, 3.63) is 23.3 Å². The standard InChI is InChI=1S/C30H46O3/c1-18(2)19(3)16-28(32)20(4)25-10-11-26-24-9-8-22-17-23(33-21(5)31)12-14-29(22,6)27(24)13-15-30(25,26)7/h8,16,18,20,23-27H,9-15,17H2,1-7H3/b19-16+/t20-,23-,24-,25+,26-,27-,29-,30+/m0/s1. The first-order chi connectivity index (χ1) is 15.5. The second kappa shape index (κ2) is 9.00. The van der Waals surface area contributed by atoms with Crippen molar-refractivity contribution in [2.24, 2.45) is 46.3 Å². The third-order valence-corrected chi connectivity index (χ3v) is 10.8. The lowest BCUT2D eigenvalue weighted by Crippen LogP contribution is -2.51. The van der Waals surface area contributed by atoms with Crippen molar-refractivity contribution in [3.8, 4) is 0 Å². The summed E-state index contributed by atoms with van der Waals surface area (Å²) in [6.45, 7) is 15.2. The lowest BCUT2D eigenvalue weighted by atomic mass is 9.47. The molecule has 0 amide bonds. The second-order valence-electron chi connectivity index (χ2n) is 12.7. The third kappa shape index (κ3) is 4.27. The van der Waals surface area contributed by atoms with Gasteiger partial charge in [0.15, 0.2) is 5.78 Å². The van der Waals surface area contributed by atoms with E-state index in [1.165, 1.54) is 44.6 Å². The monoisotopic (exact) mass is 454 g/mol. The predicted molar refractivity (Wildman–Crippen MR) is 134 cm³/mol. The summed E-state index contributed by atoms with van der Waals surface area (Å²) in [6.07, 6.45) is 13.8. The van der Waals surface area contributed by atoms with E-state index in [4.69, 9.17) is 4.74 Å². The summed E-state index contributed by atoms with van der Waals surface area (Å²) in [4.78, 5) is 24.7. The molecule has 0 saturated heterocycles. The molecule has 0 heterocycles. The van der Waals surface area contributed by atoms with Gasteiger partial charge in [0.05, 0.1) is 0 Å². The SMILES string of the molecule is CC(=O)O[C@H]1CC[C@@]2(C)C(=CC[C@H]3[C@@H]4CC[C@H]([C@H](C)C(=O)/C=C(\C)C(C)C)[C@@]4(C)CC[C@@H]32)C1. The smallest absolute Gasteiger partial charge is 0.302 e. The van der Waals surface area contributed by atoms with Gasteiger partial charge in [0.25, 0.3) is 0 Å².